The molecular formula is C17H16ClN3O4. The summed E-state index contributed by atoms with van der Waals surface area (Å²) >= 11 is 5.78. The standard InChI is InChI=1S/C17H16ClN3O4/c1-2-25-16-8-5-13(9-15(16)21(23)24)11-19-20-17(22)10-12-3-6-14(18)7-4-12/h3-9,11H,2,10H2,1H3,(H,20,22)/b19-11-. The average molecular weight is 362 g/mol. The number of nitrogens with zero attached hydrogens (tertiary/aromatic N) is 2. The smallest absolute Gasteiger partial charge is 0.311 e. The van der Waals surface area contributed by atoms with E-state index in [1.165, 1.54) is 18.3 Å². The third-order valence-corrected chi connectivity index (χ3v) is 3.41. The minimum Gasteiger partial charge on any atom is -0.487 e. The van der Waals surface area contributed by atoms with Crippen molar-refractivity contribution in [2.45, 2.75) is 13.3 Å². The molecule has 2 rings (SSSR count). The van der Waals surface area contributed by atoms with E-state index in [1.54, 1.807) is 37.3 Å². The highest BCUT2D eigenvalue weighted by Gasteiger charge is 2.15. The van der Waals surface area contributed by atoms with Crippen LogP contribution in [0.2, 0.25) is 5.02 Å². The van der Waals surface area contributed by atoms with E-state index in [-0.39, 0.29) is 23.8 Å². The molecular weight excluding hydrogens is 346 g/mol. The zero-order chi connectivity index (χ0) is 18.2. The van der Waals surface area contributed by atoms with Crippen LogP contribution in [0.3, 0.4) is 0 Å². The highest BCUT2D eigenvalue weighted by atomic mass is 35.5. The largest absolute Gasteiger partial charge is 0.487 e. The predicted octanol–water partition coefficient (Wildman–Crippen LogP) is 3.34. The normalized spacial score (nSPS) is 10.6. The van der Waals surface area contributed by atoms with Gasteiger partial charge in [0.1, 0.15) is 0 Å². The van der Waals surface area contributed by atoms with E-state index in [9.17, 15) is 14.9 Å². The Morgan fingerprint density at radius 3 is 2.68 bits per heavy atom. The Bertz CT molecular complexity index is 791. The number of benzene rings is 2. The highest BCUT2D eigenvalue weighted by Crippen LogP contribution is 2.27. The van der Waals surface area contributed by atoms with Crippen LogP contribution in [0.5, 0.6) is 5.75 Å². The van der Waals surface area contributed by atoms with Gasteiger partial charge in [-0.25, -0.2) is 5.43 Å². The lowest BCUT2D eigenvalue weighted by molar-refractivity contribution is -0.385. The molecule has 2 aromatic carbocycles. The number of nitrogens with one attached hydrogen (secondary N) is 1. The number of hydrogen-bond acceptors (Lipinski definition) is 5. The molecule has 0 heterocycles. The number of carbonyl (C=O) groups is 1. The number of amides is 1. The van der Waals surface area contributed by atoms with E-state index in [1.807, 2.05) is 0 Å². The number of hydrogen-bond donors (Lipinski definition) is 1. The molecule has 0 bridgehead atoms. The molecule has 0 saturated heterocycles. The topological polar surface area (TPSA) is 93.8 Å². The minimum atomic E-state index is -0.526. The Hall–Kier alpha value is -2.93. The van der Waals surface area contributed by atoms with Gasteiger partial charge in [0, 0.05) is 16.7 Å². The van der Waals surface area contributed by atoms with Crippen molar-refractivity contribution in [1.29, 1.82) is 0 Å². The SMILES string of the molecule is CCOc1ccc(/C=N\NC(=O)Cc2ccc(Cl)cc2)cc1[N+](=O)[O-]. The van der Waals surface area contributed by atoms with Crippen molar-refractivity contribution >= 4 is 29.4 Å². The molecule has 0 spiro atoms. The summed E-state index contributed by atoms with van der Waals surface area (Å²) in [6, 6.07) is 11.4. The van der Waals surface area contributed by atoms with E-state index in [4.69, 9.17) is 16.3 Å². The van der Waals surface area contributed by atoms with Gasteiger partial charge in [0.2, 0.25) is 5.91 Å². The number of halogens is 1. The lowest BCUT2D eigenvalue weighted by Gasteiger charge is -2.04. The maximum Gasteiger partial charge on any atom is 0.311 e. The number of hydrazone groups is 1. The molecule has 0 aliphatic carbocycles. The third-order valence-electron chi connectivity index (χ3n) is 3.16. The molecule has 1 amide bonds. The quantitative estimate of drug-likeness (QED) is 0.465. The van der Waals surface area contributed by atoms with Crippen molar-refractivity contribution in [2.75, 3.05) is 6.61 Å². The molecule has 0 atom stereocenters. The number of rotatable bonds is 7. The molecule has 0 aromatic heterocycles. The van der Waals surface area contributed by atoms with Gasteiger partial charge in [-0.15, -0.1) is 0 Å². The lowest BCUT2D eigenvalue weighted by atomic mass is 10.1. The molecule has 0 radical (unpaired) electrons. The monoisotopic (exact) mass is 361 g/mol. The first-order valence-electron chi connectivity index (χ1n) is 7.47. The maximum absolute atomic E-state index is 11.8. The summed E-state index contributed by atoms with van der Waals surface area (Å²) in [6.45, 7) is 2.07. The molecule has 8 heteroatoms. The van der Waals surface area contributed by atoms with Crippen molar-refractivity contribution in [3.05, 3.63) is 68.7 Å². The number of nitro groups is 1. The molecule has 0 unspecified atom stereocenters. The summed E-state index contributed by atoms with van der Waals surface area (Å²) in [4.78, 5) is 22.3. The maximum atomic E-state index is 11.8. The second-order valence-corrected chi connectivity index (χ2v) is 5.45. The Morgan fingerprint density at radius 2 is 2.04 bits per heavy atom. The van der Waals surface area contributed by atoms with Gasteiger partial charge in [-0.3, -0.25) is 14.9 Å². The van der Waals surface area contributed by atoms with E-state index >= 15 is 0 Å². The van der Waals surface area contributed by atoms with E-state index in [0.29, 0.717) is 17.2 Å². The average Bonchev–Trinajstić information content (AvgIpc) is 2.58. The van der Waals surface area contributed by atoms with Gasteiger partial charge in [0.25, 0.3) is 0 Å². The molecule has 0 aliphatic rings. The van der Waals surface area contributed by atoms with Gasteiger partial charge >= 0.3 is 5.69 Å². The van der Waals surface area contributed by atoms with Crippen molar-refractivity contribution in [2.24, 2.45) is 5.10 Å². The first-order valence-corrected chi connectivity index (χ1v) is 7.85. The van der Waals surface area contributed by atoms with Crippen LogP contribution in [0.4, 0.5) is 5.69 Å². The molecule has 2 aromatic rings. The molecule has 1 N–H and O–H groups in total. The highest BCUT2D eigenvalue weighted by molar-refractivity contribution is 6.30. The molecule has 25 heavy (non-hydrogen) atoms. The summed E-state index contributed by atoms with van der Waals surface area (Å²) in [5.41, 5.74) is 3.50. The van der Waals surface area contributed by atoms with Gasteiger partial charge in [-0.1, -0.05) is 23.7 Å². The summed E-state index contributed by atoms with van der Waals surface area (Å²) in [5.74, 6) is -0.115. The van der Waals surface area contributed by atoms with Crippen molar-refractivity contribution in [1.82, 2.24) is 5.43 Å². The van der Waals surface area contributed by atoms with Crippen molar-refractivity contribution in [3.63, 3.8) is 0 Å². The van der Waals surface area contributed by atoms with Gasteiger partial charge in [0.15, 0.2) is 5.75 Å². The number of ether oxygens (including phenoxy) is 1. The fourth-order valence-electron chi connectivity index (χ4n) is 2.04. The van der Waals surface area contributed by atoms with Gasteiger partial charge in [-0.05, 0) is 36.8 Å². The number of carbonyl (C=O) groups excluding carboxylic acids is 1. The first-order chi connectivity index (χ1) is 12.0. The van der Waals surface area contributed by atoms with Crippen LogP contribution in [-0.4, -0.2) is 23.7 Å². The zero-order valence-electron chi connectivity index (χ0n) is 13.4. The molecule has 0 fully saturated rings. The van der Waals surface area contributed by atoms with Gasteiger partial charge in [-0.2, -0.15) is 5.10 Å². The lowest BCUT2D eigenvalue weighted by Crippen LogP contribution is -2.19. The van der Waals surface area contributed by atoms with Crippen LogP contribution < -0.4 is 10.2 Å². The van der Waals surface area contributed by atoms with Gasteiger partial charge in [0.05, 0.1) is 24.2 Å². The van der Waals surface area contributed by atoms with Crippen molar-refractivity contribution in [3.8, 4) is 5.75 Å². The zero-order valence-corrected chi connectivity index (χ0v) is 14.2. The third kappa shape index (κ3) is 5.58. The van der Waals surface area contributed by atoms with Crippen LogP contribution >= 0.6 is 11.6 Å². The Labute approximate surface area is 149 Å². The number of nitro benzene ring substituents is 1. The summed E-state index contributed by atoms with van der Waals surface area (Å²) in [7, 11) is 0. The summed E-state index contributed by atoms with van der Waals surface area (Å²) < 4.78 is 5.21. The van der Waals surface area contributed by atoms with Crippen molar-refractivity contribution < 1.29 is 14.5 Å². The molecule has 0 aliphatic heterocycles. The van der Waals surface area contributed by atoms with E-state index in [2.05, 4.69) is 10.5 Å². The summed E-state index contributed by atoms with van der Waals surface area (Å²) in [5, 5.41) is 15.5. The second kappa shape index (κ2) is 8.79. The Morgan fingerprint density at radius 1 is 1.32 bits per heavy atom. The van der Waals surface area contributed by atoms with Gasteiger partial charge < -0.3 is 4.74 Å². The minimum absolute atomic E-state index is 0.151. The van der Waals surface area contributed by atoms with E-state index < -0.39 is 4.92 Å². The fraction of sp³-hybridized carbons (Fsp3) is 0.176. The Balaban J connectivity index is 1.99. The Kier molecular flexibility index (Phi) is 6.47. The summed E-state index contributed by atoms with van der Waals surface area (Å²) in [6.07, 6.45) is 1.49. The fourth-order valence-corrected chi connectivity index (χ4v) is 2.17. The van der Waals surface area contributed by atoms with Crippen LogP contribution in [0.1, 0.15) is 18.1 Å². The van der Waals surface area contributed by atoms with Crippen LogP contribution in [0, 0.1) is 10.1 Å². The molecule has 130 valence electrons. The van der Waals surface area contributed by atoms with E-state index in [0.717, 1.165) is 5.56 Å². The predicted molar refractivity (Wildman–Crippen MR) is 95.2 cm³/mol. The van der Waals surface area contributed by atoms with Crippen LogP contribution in [-0.2, 0) is 11.2 Å². The molecule has 0 saturated carbocycles. The second-order valence-electron chi connectivity index (χ2n) is 5.01. The van der Waals surface area contributed by atoms with Crippen LogP contribution in [0.15, 0.2) is 47.6 Å². The molecule has 7 nitrogen and oxygen atoms in total. The first kappa shape index (κ1) is 18.4. The van der Waals surface area contributed by atoms with Crippen LogP contribution in [0.25, 0.3) is 0 Å².